The topological polar surface area (TPSA) is 0 Å². The Morgan fingerprint density at radius 3 is 0.815 bits per heavy atom. The van der Waals surface area contributed by atoms with Crippen molar-refractivity contribution in [3.8, 4) is 11.1 Å². The first kappa shape index (κ1) is 95.6. The van der Waals surface area contributed by atoms with Crippen molar-refractivity contribution in [3.05, 3.63) is 549 Å². The minimum Gasteiger partial charge on any atom is -0.103 e. The summed E-state index contributed by atoms with van der Waals surface area (Å²) in [5.74, 6) is 0. The molecule has 1 aliphatic rings. The number of hydrogen-bond acceptors (Lipinski definition) is 0. The van der Waals surface area contributed by atoms with Gasteiger partial charge in [0.25, 0.3) is 0 Å². The molecule has 1 fully saturated rings. The van der Waals surface area contributed by atoms with E-state index in [-0.39, 0.29) is 27.1 Å². The van der Waals surface area contributed by atoms with Crippen molar-refractivity contribution in [2.45, 2.75) is 195 Å². The highest BCUT2D eigenvalue weighted by Crippen LogP contribution is 2.45. The van der Waals surface area contributed by atoms with Gasteiger partial charge in [0.15, 0.2) is 0 Å². The van der Waals surface area contributed by atoms with E-state index in [1.54, 1.807) is 0 Å². The van der Waals surface area contributed by atoms with Crippen LogP contribution in [0, 0.1) is 34.6 Å². The first-order valence-corrected chi connectivity index (χ1v) is 44.8. The van der Waals surface area contributed by atoms with Gasteiger partial charge < -0.3 is 0 Å². The molecule has 124 heavy (non-hydrogen) atoms. The van der Waals surface area contributed by atoms with Crippen molar-refractivity contribution in [1.29, 1.82) is 0 Å². The molecule has 0 N–H and O–H groups in total. The number of allylic oxidation sites excluding steroid dienone is 2. The largest absolute Gasteiger partial charge is 0.103 e. The van der Waals surface area contributed by atoms with Gasteiger partial charge in [0.05, 0.1) is 0 Å². The highest BCUT2D eigenvalue weighted by molar-refractivity contribution is 5.66. The van der Waals surface area contributed by atoms with E-state index in [0.717, 1.165) is 19.3 Å². The molecule has 16 rings (SSSR count). The van der Waals surface area contributed by atoms with Crippen LogP contribution in [0.4, 0.5) is 0 Å². The molecule has 0 atom stereocenters. The molecule has 0 bridgehead atoms. The van der Waals surface area contributed by atoms with Crippen LogP contribution in [0.3, 0.4) is 0 Å². The molecular formula is C124H138. The van der Waals surface area contributed by atoms with E-state index in [1.165, 1.54) is 155 Å². The molecule has 0 spiro atoms. The van der Waals surface area contributed by atoms with E-state index < -0.39 is 0 Å². The molecule has 0 unspecified atom stereocenters. The predicted octanol–water partition coefficient (Wildman–Crippen LogP) is 33.6. The normalized spacial score (nSPS) is 12.1. The Kier molecular flexibility index (Phi) is 36.6. The zero-order chi connectivity index (χ0) is 88.9. The molecule has 15 aromatic carbocycles. The molecule has 1 aliphatic carbocycles. The number of rotatable bonds is 17. The second-order valence-corrected chi connectivity index (χ2v) is 36.4. The summed E-state index contributed by atoms with van der Waals surface area (Å²) in [7, 11) is 0. The van der Waals surface area contributed by atoms with Gasteiger partial charge in [-0.25, -0.2) is 0 Å². The summed E-state index contributed by atoms with van der Waals surface area (Å²) in [6, 6.07) is 147. The van der Waals surface area contributed by atoms with Crippen molar-refractivity contribution in [2.24, 2.45) is 0 Å². The Balaban J connectivity index is 0.000000164. The minimum absolute atomic E-state index is 0.00560. The maximum absolute atomic E-state index is 3.83. The fraction of sp³-hybridized carbons (Fsp3) is 0.242. The van der Waals surface area contributed by atoms with Crippen LogP contribution in [0.5, 0.6) is 0 Å². The van der Waals surface area contributed by atoms with Gasteiger partial charge in [-0.1, -0.05) is 537 Å². The molecule has 0 aliphatic heterocycles. The van der Waals surface area contributed by atoms with Crippen molar-refractivity contribution in [1.82, 2.24) is 0 Å². The Hall–Kier alpha value is -12.2. The molecule has 0 heteroatoms. The number of benzene rings is 15. The van der Waals surface area contributed by atoms with E-state index in [0.29, 0.717) is 5.41 Å². The lowest BCUT2D eigenvalue weighted by Gasteiger charge is -2.38. The molecule has 634 valence electrons. The van der Waals surface area contributed by atoms with Crippen LogP contribution in [0.15, 0.2) is 438 Å². The molecule has 0 nitrogen and oxygen atoms in total. The molecule has 1 saturated carbocycles. The molecule has 0 amide bonds. The maximum atomic E-state index is 3.83. The van der Waals surface area contributed by atoms with Crippen molar-refractivity contribution < 1.29 is 0 Å². The lowest BCUT2D eigenvalue weighted by molar-refractivity contribution is 0.346. The predicted molar refractivity (Wildman–Crippen MR) is 541 cm³/mol. The van der Waals surface area contributed by atoms with E-state index in [9.17, 15) is 0 Å². The Morgan fingerprint density at radius 2 is 0.516 bits per heavy atom. The van der Waals surface area contributed by atoms with Crippen LogP contribution in [0.25, 0.3) is 11.1 Å². The quantitative estimate of drug-likeness (QED) is 0.0797. The van der Waals surface area contributed by atoms with Crippen LogP contribution in [0.1, 0.15) is 220 Å². The third kappa shape index (κ3) is 28.7. The van der Waals surface area contributed by atoms with Gasteiger partial charge in [0.2, 0.25) is 0 Å². The maximum Gasteiger partial charge on any atom is 0.0202 e. The van der Waals surface area contributed by atoms with Gasteiger partial charge in [0, 0.05) is 27.1 Å². The van der Waals surface area contributed by atoms with Crippen LogP contribution in [-0.2, 0) is 51.8 Å². The SMILES string of the molecule is C=CCc1cccc(C(C)(C)c2cccc(CC=C)c2)c1.CC(C)(C)c1ccccc1.CC(C)(c1ccccc1)c1ccc(C(C)(C)c2ccccc2)cc1.CC(C)(c1ccccc1)c1ccccc1.Cc1cc(C)cc(-c2ccc(C)c(C)c2)c1.Cc1ccccc1.c1ccc(C2(c3ccccc3)CCCCC2)cc1.c1ccc(Cc2ccccc2)cc1. The minimum atomic E-state index is -0.00560. The zero-order valence-corrected chi connectivity index (χ0v) is 77.5. The van der Waals surface area contributed by atoms with Gasteiger partial charge in [0.1, 0.15) is 0 Å². The smallest absolute Gasteiger partial charge is 0.0202 e. The van der Waals surface area contributed by atoms with Crippen molar-refractivity contribution in [2.75, 3.05) is 0 Å². The fourth-order valence-corrected chi connectivity index (χ4v) is 16.3. The number of hydrogen-bond donors (Lipinski definition) is 0. The van der Waals surface area contributed by atoms with Gasteiger partial charge in [-0.2, -0.15) is 0 Å². The van der Waals surface area contributed by atoms with E-state index >= 15 is 0 Å². The van der Waals surface area contributed by atoms with Gasteiger partial charge in [-0.3, -0.25) is 0 Å². The first-order chi connectivity index (χ1) is 59.6. The van der Waals surface area contributed by atoms with Crippen molar-refractivity contribution in [3.63, 3.8) is 0 Å². The average molecular weight is 1630 g/mol. The average Bonchev–Trinajstić information content (AvgIpc) is 0.779. The third-order valence-electron chi connectivity index (χ3n) is 24.5. The summed E-state index contributed by atoms with van der Waals surface area (Å²) in [5.41, 5.74) is 30.5. The highest BCUT2D eigenvalue weighted by atomic mass is 14.4. The molecule has 0 aromatic heterocycles. The van der Waals surface area contributed by atoms with E-state index in [2.05, 4.69) is 518 Å². The van der Waals surface area contributed by atoms with E-state index in [4.69, 9.17) is 0 Å². The molecule has 0 radical (unpaired) electrons. The monoisotopic (exact) mass is 1630 g/mol. The Morgan fingerprint density at radius 1 is 0.234 bits per heavy atom. The van der Waals surface area contributed by atoms with Crippen molar-refractivity contribution >= 4 is 0 Å². The first-order valence-electron chi connectivity index (χ1n) is 44.8. The summed E-state index contributed by atoms with van der Waals surface area (Å²) < 4.78 is 0. The lowest BCUT2D eigenvalue weighted by Crippen LogP contribution is -2.30. The van der Waals surface area contributed by atoms with Crippen LogP contribution in [0.2, 0.25) is 0 Å². The Bertz CT molecular complexity index is 5270. The third-order valence-corrected chi connectivity index (χ3v) is 24.5. The highest BCUT2D eigenvalue weighted by Gasteiger charge is 2.35. The molecule has 0 saturated heterocycles. The molecule has 0 heterocycles. The van der Waals surface area contributed by atoms with Gasteiger partial charge in [-0.15, -0.1) is 13.2 Å². The summed E-state index contributed by atoms with van der Waals surface area (Å²) >= 11 is 0. The summed E-state index contributed by atoms with van der Waals surface area (Å²) in [6.45, 7) is 43.3. The fourth-order valence-electron chi connectivity index (χ4n) is 16.3. The summed E-state index contributed by atoms with van der Waals surface area (Å²) in [5, 5.41) is 0. The summed E-state index contributed by atoms with van der Waals surface area (Å²) in [6.07, 6.45) is 13.5. The molecule has 15 aromatic rings. The summed E-state index contributed by atoms with van der Waals surface area (Å²) in [4.78, 5) is 0. The zero-order valence-electron chi connectivity index (χ0n) is 77.5. The van der Waals surface area contributed by atoms with Gasteiger partial charge >= 0.3 is 0 Å². The second kappa shape index (κ2) is 47.4. The molecular weight excluding hydrogens is 1490 g/mol. The van der Waals surface area contributed by atoms with Crippen LogP contribution < -0.4 is 0 Å². The standard InChI is InChI=1S/C24H26.C21H24.C18H20.C16H18.C15H16.C13H12.C10H14.C7H8/c1-23(2,19-11-7-5-8-12-19)21-15-17-22(18-16-21)24(3,4)20-13-9-6-10-14-20;1-5-9-17-11-7-13-19(15-17)21(3,4)20-14-8-12-18(16-20)10-6-2;1-4-10-16(11-5-1)18(14-8-3-9-15-18)17-12-6-2-7-13-17;1-11-7-12(2)9-16(8-11)15-6-5-13(3)14(4)10-15;1-15(2,13-9-5-3-6-10-13)14-11-7-4-8-12-14;1-3-7-12(8-4-1)11-13-9-5-2-6-10-13;1-10(2,3)9-7-5-4-6-8-9;1-7-5-3-2-4-6-7/h5-18H,1-4H3;5-8,11-16H,1-2,9-10H2,3-4H3;1-2,4-7,10-13H,3,8-9,14-15H2;5-10H,1-4H3;3-12H,1-2H3;1-10H,11H2;4-8H,1-3H3;2-6H,1H3. The number of aryl methyl sites for hydroxylation is 5. The second-order valence-electron chi connectivity index (χ2n) is 36.4. The van der Waals surface area contributed by atoms with E-state index in [1.807, 2.05) is 30.4 Å². The van der Waals surface area contributed by atoms with Crippen LogP contribution in [-0.4, -0.2) is 0 Å². The van der Waals surface area contributed by atoms with Gasteiger partial charge in [-0.05, 0) is 178 Å². The Labute approximate surface area is 749 Å². The lowest BCUT2D eigenvalue weighted by atomic mass is 9.65. The van der Waals surface area contributed by atoms with Crippen LogP contribution >= 0.6 is 0 Å².